The first kappa shape index (κ1) is 16.2. The van der Waals surface area contributed by atoms with E-state index in [1.54, 1.807) is 6.20 Å². The Bertz CT molecular complexity index is 805. The second kappa shape index (κ2) is 7.75. The second-order valence-electron chi connectivity index (χ2n) is 5.49. The van der Waals surface area contributed by atoms with E-state index in [0.717, 1.165) is 10.6 Å². The van der Waals surface area contributed by atoms with Crippen LogP contribution in [0, 0.1) is 6.92 Å². The molecule has 0 aliphatic rings. The van der Waals surface area contributed by atoms with Crippen LogP contribution in [0.15, 0.2) is 54.7 Å². The molecule has 0 spiro atoms. The van der Waals surface area contributed by atoms with Crippen molar-refractivity contribution >= 4 is 23.4 Å². The molecule has 3 aromatic rings. The molecule has 1 aromatic heterocycles. The van der Waals surface area contributed by atoms with Crippen LogP contribution >= 0.6 is 11.6 Å². The lowest BCUT2D eigenvalue weighted by Crippen LogP contribution is -2.08. The summed E-state index contributed by atoms with van der Waals surface area (Å²) >= 11 is 5.89. The Morgan fingerprint density at radius 1 is 0.958 bits per heavy atom. The van der Waals surface area contributed by atoms with Crippen molar-refractivity contribution < 1.29 is 0 Å². The lowest BCUT2D eigenvalue weighted by Gasteiger charge is -2.08. The van der Waals surface area contributed by atoms with Crippen LogP contribution in [0.2, 0.25) is 5.02 Å². The smallest absolute Gasteiger partial charge is 0.244 e. The number of hydrogen-bond donors (Lipinski definition) is 2. The molecular weight excluding hydrogens is 322 g/mol. The van der Waals surface area contributed by atoms with Gasteiger partial charge >= 0.3 is 0 Å². The van der Waals surface area contributed by atoms with E-state index in [4.69, 9.17) is 11.6 Å². The maximum absolute atomic E-state index is 5.89. The molecule has 3 rings (SSSR count). The zero-order valence-corrected chi connectivity index (χ0v) is 14.1. The number of halogens is 1. The van der Waals surface area contributed by atoms with Crippen molar-refractivity contribution in [3.8, 4) is 0 Å². The Morgan fingerprint density at radius 2 is 1.75 bits per heavy atom. The molecule has 2 N–H and O–H groups in total. The molecule has 0 amide bonds. The van der Waals surface area contributed by atoms with Crippen molar-refractivity contribution in [2.75, 3.05) is 10.6 Å². The van der Waals surface area contributed by atoms with Gasteiger partial charge in [0.25, 0.3) is 0 Å². The number of nitrogens with zero attached hydrogens (tertiary/aromatic N) is 3. The molecule has 0 unspecified atom stereocenters. The van der Waals surface area contributed by atoms with Crippen molar-refractivity contribution in [2.24, 2.45) is 0 Å². The summed E-state index contributed by atoms with van der Waals surface area (Å²) in [6.07, 6.45) is 1.60. The maximum atomic E-state index is 5.89. The van der Waals surface area contributed by atoms with Crippen LogP contribution in [-0.4, -0.2) is 15.2 Å². The average molecular weight is 340 g/mol. The standard InChI is InChI=1S/C18H18ClN5/c1-13-3-2-4-15(9-13)11-21-18-23-17(12-22-24-18)20-10-14-5-7-16(19)8-6-14/h2-9,12H,10-11H2,1H3,(H2,20,21,23,24). The Hall–Kier alpha value is -2.66. The summed E-state index contributed by atoms with van der Waals surface area (Å²) in [7, 11) is 0. The Morgan fingerprint density at radius 3 is 2.54 bits per heavy atom. The molecule has 0 atom stereocenters. The fourth-order valence-corrected chi connectivity index (χ4v) is 2.39. The van der Waals surface area contributed by atoms with E-state index in [-0.39, 0.29) is 0 Å². The molecule has 0 fully saturated rings. The van der Waals surface area contributed by atoms with Gasteiger partial charge in [-0.25, -0.2) is 0 Å². The highest BCUT2D eigenvalue weighted by atomic mass is 35.5. The molecule has 0 aliphatic carbocycles. The lowest BCUT2D eigenvalue weighted by atomic mass is 10.1. The monoisotopic (exact) mass is 339 g/mol. The summed E-state index contributed by atoms with van der Waals surface area (Å²) in [5.74, 6) is 1.17. The first-order chi connectivity index (χ1) is 11.7. The van der Waals surface area contributed by atoms with Gasteiger partial charge < -0.3 is 10.6 Å². The molecule has 2 aromatic carbocycles. The number of hydrogen-bond acceptors (Lipinski definition) is 5. The lowest BCUT2D eigenvalue weighted by molar-refractivity contribution is 0.937. The van der Waals surface area contributed by atoms with Crippen LogP contribution in [0.3, 0.4) is 0 Å². The van der Waals surface area contributed by atoms with Crippen LogP contribution < -0.4 is 10.6 Å². The van der Waals surface area contributed by atoms with E-state index in [0.29, 0.717) is 24.9 Å². The van der Waals surface area contributed by atoms with Gasteiger partial charge in [0.2, 0.25) is 5.95 Å². The summed E-state index contributed by atoms with van der Waals surface area (Å²) in [6.45, 7) is 3.38. The highest BCUT2D eigenvalue weighted by Crippen LogP contribution is 2.12. The average Bonchev–Trinajstić information content (AvgIpc) is 2.60. The molecule has 24 heavy (non-hydrogen) atoms. The van der Waals surface area contributed by atoms with Gasteiger partial charge in [0, 0.05) is 18.1 Å². The Labute approximate surface area is 146 Å². The third-order valence-electron chi connectivity index (χ3n) is 3.48. The van der Waals surface area contributed by atoms with Gasteiger partial charge in [-0.05, 0) is 30.2 Å². The fraction of sp³-hybridized carbons (Fsp3) is 0.167. The number of nitrogens with one attached hydrogen (secondary N) is 2. The van der Waals surface area contributed by atoms with Crippen molar-refractivity contribution in [3.63, 3.8) is 0 Å². The van der Waals surface area contributed by atoms with E-state index >= 15 is 0 Å². The van der Waals surface area contributed by atoms with Crippen molar-refractivity contribution in [2.45, 2.75) is 20.0 Å². The first-order valence-corrected chi connectivity index (χ1v) is 8.04. The summed E-state index contributed by atoms with van der Waals surface area (Å²) in [4.78, 5) is 4.42. The summed E-state index contributed by atoms with van der Waals surface area (Å²) < 4.78 is 0. The molecule has 0 aliphatic heterocycles. The zero-order valence-electron chi connectivity index (χ0n) is 13.3. The molecule has 122 valence electrons. The number of benzene rings is 2. The van der Waals surface area contributed by atoms with E-state index < -0.39 is 0 Å². The summed E-state index contributed by atoms with van der Waals surface area (Å²) in [6, 6.07) is 16.0. The predicted octanol–water partition coefficient (Wildman–Crippen LogP) is 4.06. The quantitative estimate of drug-likeness (QED) is 0.709. The van der Waals surface area contributed by atoms with Gasteiger partial charge in [-0.3, -0.25) is 0 Å². The van der Waals surface area contributed by atoms with Gasteiger partial charge in [-0.1, -0.05) is 53.6 Å². The second-order valence-corrected chi connectivity index (χ2v) is 5.92. The van der Waals surface area contributed by atoms with Gasteiger partial charge in [-0.2, -0.15) is 10.1 Å². The Balaban J connectivity index is 1.58. The molecular formula is C18H18ClN5. The van der Waals surface area contributed by atoms with Gasteiger partial charge in [0.15, 0.2) is 5.82 Å². The van der Waals surface area contributed by atoms with Gasteiger partial charge in [0.05, 0.1) is 6.20 Å². The van der Waals surface area contributed by atoms with Gasteiger partial charge in [-0.15, -0.1) is 5.10 Å². The molecule has 0 radical (unpaired) electrons. The van der Waals surface area contributed by atoms with Crippen molar-refractivity contribution in [1.82, 2.24) is 15.2 Å². The molecule has 6 heteroatoms. The minimum absolute atomic E-state index is 0.498. The van der Waals surface area contributed by atoms with E-state index in [9.17, 15) is 0 Å². The molecule has 0 saturated carbocycles. The number of rotatable bonds is 6. The highest BCUT2D eigenvalue weighted by molar-refractivity contribution is 6.30. The van der Waals surface area contributed by atoms with E-state index in [2.05, 4.69) is 50.9 Å². The van der Waals surface area contributed by atoms with Crippen LogP contribution in [-0.2, 0) is 13.1 Å². The number of anilines is 2. The minimum Gasteiger partial charge on any atom is -0.365 e. The summed E-state index contributed by atoms with van der Waals surface area (Å²) in [5, 5.41) is 15.1. The van der Waals surface area contributed by atoms with Crippen LogP contribution in [0.4, 0.5) is 11.8 Å². The topological polar surface area (TPSA) is 62.7 Å². The van der Waals surface area contributed by atoms with Gasteiger partial charge in [0.1, 0.15) is 0 Å². The van der Waals surface area contributed by atoms with Crippen LogP contribution in [0.5, 0.6) is 0 Å². The third-order valence-corrected chi connectivity index (χ3v) is 3.73. The zero-order chi connectivity index (χ0) is 16.8. The van der Waals surface area contributed by atoms with Crippen LogP contribution in [0.25, 0.3) is 0 Å². The van der Waals surface area contributed by atoms with E-state index in [1.165, 1.54) is 11.1 Å². The molecule has 1 heterocycles. The SMILES string of the molecule is Cc1cccc(CNc2nncc(NCc3ccc(Cl)cc3)n2)c1. The van der Waals surface area contributed by atoms with Crippen LogP contribution in [0.1, 0.15) is 16.7 Å². The fourth-order valence-electron chi connectivity index (χ4n) is 2.26. The molecule has 5 nitrogen and oxygen atoms in total. The summed E-state index contributed by atoms with van der Waals surface area (Å²) in [5.41, 5.74) is 3.53. The predicted molar refractivity (Wildman–Crippen MR) is 97.1 cm³/mol. The Kier molecular flexibility index (Phi) is 5.23. The normalized spacial score (nSPS) is 10.4. The van der Waals surface area contributed by atoms with Crippen molar-refractivity contribution in [3.05, 3.63) is 76.4 Å². The largest absolute Gasteiger partial charge is 0.365 e. The number of aryl methyl sites for hydroxylation is 1. The van der Waals surface area contributed by atoms with E-state index in [1.807, 2.05) is 30.3 Å². The molecule has 0 bridgehead atoms. The third kappa shape index (κ3) is 4.67. The number of aromatic nitrogens is 3. The first-order valence-electron chi connectivity index (χ1n) is 7.66. The highest BCUT2D eigenvalue weighted by Gasteiger charge is 2.01. The maximum Gasteiger partial charge on any atom is 0.244 e. The van der Waals surface area contributed by atoms with Crippen molar-refractivity contribution in [1.29, 1.82) is 0 Å². The molecule has 0 saturated heterocycles. The minimum atomic E-state index is 0.498.